The Balaban J connectivity index is 2.50. The fraction of sp³-hybridized carbons (Fsp3) is 0.308. The van der Waals surface area contributed by atoms with Crippen LogP contribution in [0.4, 0.5) is 0 Å². The molecular formula is C13H17N3. The quantitative estimate of drug-likeness (QED) is 0.836. The van der Waals surface area contributed by atoms with Gasteiger partial charge in [-0.15, -0.1) is 0 Å². The molecule has 0 aliphatic rings. The van der Waals surface area contributed by atoms with Crippen molar-refractivity contribution in [1.29, 1.82) is 0 Å². The second-order valence-electron chi connectivity index (χ2n) is 4.25. The Kier molecular flexibility index (Phi) is 2.79. The first-order valence-electron chi connectivity index (χ1n) is 5.45. The molecule has 0 amide bonds. The van der Waals surface area contributed by atoms with Crippen LogP contribution in [0.3, 0.4) is 0 Å². The van der Waals surface area contributed by atoms with Gasteiger partial charge in [-0.3, -0.25) is 0 Å². The second kappa shape index (κ2) is 4.10. The first-order valence-corrected chi connectivity index (χ1v) is 5.45. The van der Waals surface area contributed by atoms with E-state index < -0.39 is 0 Å². The van der Waals surface area contributed by atoms with Crippen molar-refractivity contribution in [2.45, 2.75) is 26.8 Å². The van der Waals surface area contributed by atoms with Crippen LogP contribution in [0, 0.1) is 13.8 Å². The fourth-order valence-corrected chi connectivity index (χ4v) is 1.73. The van der Waals surface area contributed by atoms with Gasteiger partial charge in [0.25, 0.3) is 0 Å². The number of imidazole rings is 1. The van der Waals surface area contributed by atoms with E-state index in [2.05, 4.69) is 37.0 Å². The predicted molar refractivity (Wildman–Crippen MR) is 65.6 cm³/mol. The van der Waals surface area contributed by atoms with Gasteiger partial charge in [0, 0.05) is 11.7 Å². The van der Waals surface area contributed by atoms with Crippen LogP contribution in [0.2, 0.25) is 0 Å². The maximum absolute atomic E-state index is 5.90. The average molecular weight is 215 g/mol. The van der Waals surface area contributed by atoms with Gasteiger partial charge in [-0.2, -0.15) is 0 Å². The minimum atomic E-state index is -0.0101. The van der Waals surface area contributed by atoms with Gasteiger partial charge in [-0.25, -0.2) is 4.98 Å². The fourth-order valence-electron chi connectivity index (χ4n) is 1.73. The number of hydrogen-bond donors (Lipinski definition) is 1. The van der Waals surface area contributed by atoms with Crippen molar-refractivity contribution < 1.29 is 0 Å². The summed E-state index contributed by atoms with van der Waals surface area (Å²) in [4.78, 5) is 4.15. The van der Waals surface area contributed by atoms with E-state index in [9.17, 15) is 0 Å². The largest absolute Gasteiger partial charge is 0.323 e. The predicted octanol–water partition coefficient (Wildman–Crippen LogP) is 2.51. The lowest BCUT2D eigenvalue weighted by Gasteiger charge is -2.12. The Bertz CT molecular complexity index is 498. The third-order valence-corrected chi connectivity index (χ3v) is 2.90. The minimum absolute atomic E-state index is 0.0101. The lowest BCUT2D eigenvalue weighted by molar-refractivity contribution is 0.752. The SMILES string of the molecule is Cc1ccc(-n2cncc2[C@@H](C)N)cc1C. The van der Waals surface area contributed by atoms with Gasteiger partial charge in [0.2, 0.25) is 0 Å². The summed E-state index contributed by atoms with van der Waals surface area (Å²) in [6.45, 7) is 6.19. The number of aromatic nitrogens is 2. The third kappa shape index (κ3) is 1.86. The maximum atomic E-state index is 5.90. The van der Waals surface area contributed by atoms with Gasteiger partial charge in [0.1, 0.15) is 0 Å². The number of aryl methyl sites for hydroxylation is 2. The van der Waals surface area contributed by atoms with Gasteiger partial charge in [-0.05, 0) is 44.0 Å². The Morgan fingerprint density at radius 1 is 1.25 bits per heavy atom. The highest BCUT2D eigenvalue weighted by Crippen LogP contribution is 2.18. The summed E-state index contributed by atoms with van der Waals surface area (Å²) < 4.78 is 2.04. The number of benzene rings is 1. The lowest BCUT2D eigenvalue weighted by Crippen LogP contribution is -2.10. The molecule has 2 rings (SSSR count). The van der Waals surface area contributed by atoms with Crippen molar-refractivity contribution in [2.24, 2.45) is 5.73 Å². The maximum Gasteiger partial charge on any atom is 0.0994 e. The summed E-state index contributed by atoms with van der Waals surface area (Å²) in [5, 5.41) is 0. The van der Waals surface area contributed by atoms with Gasteiger partial charge in [0.15, 0.2) is 0 Å². The molecule has 0 fully saturated rings. The minimum Gasteiger partial charge on any atom is -0.323 e. The first kappa shape index (κ1) is 10.9. The molecule has 3 nitrogen and oxygen atoms in total. The van der Waals surface area contributed by atoms with Crippen molar-refractivity contribution in [3.05, 3.63) is 47.5 Å². The summed E-state index contributed by atoms with van der Waals surface area (Å²) in [7, 11) is 0. The average Bonchev–Trinajstić information content (AvgIpc) is 2.71. The smallest absolute Gasteiger partial charge is 0.0994 e. The van der Waals surface area contributed by atoms with Crippen LogP contribution in [-0.2, 0) is 0 Å². The number of rotatable bonds is 2. The third-order valence-electron chi connectivity index (χ3n) is 2.90. The van der Waals surface area contributed by atoms with Crippen molar-refractivity contribution in [3.63, 3.8) is 0 Å². The molecular weight excluding hydrogens is 198 g/mol. The molecule has 0 aliphatic heterocycles. The molecule has 0 aliphatic carbocycles. The molecule has 1 atom stereocenters. The van der Waals surface area contributed by atoms with E-state index in [0.717, 1.165) is 11.4 Å². The monoisotopic (exact) mass is 215 g/mol. The van der Waals surface area contributed by atoms with Crippen LogP contribution in [0.25, 0.3) is 5.69 Å². The normalized spacial score (nSPS) is 12.8. The second-order valence-corrected chi connectivity index (χ2v) is 4.25. The zero-order valence-electron chi connectivity index (χ0n) is 9.94. The van der Waals surface area contributed by atoms with Crippen molar-refractivity contribution in [2.75, 3.05) is 0 Å². The van der Waals surface area contributed by atoms with E-state index in [4.69, 9.17) is 5.73 Å². The summed E-state index contributed by atoms with van der Waals surface area (Å²) >= 11 is 0. The molecule has 3 heteroatoms. The van der Waals surface area contributed by atoms with Crippen molar-refractivity contribution in [1.82, 2.24) is 9.55 Å². The Morgan fingerprint density at radius 2 is 2.00 bits per heavy atom. The van der Waals surface area contributed by atoms with E-state index in [0.29, 0.717) is 0 Å². The molecule has 0 radical (unpaired) electrons. The molecule has 1 aromatic carbocycles. The van der Waals surface area contributed by atoms with Crippen LogP contribution in [0.1, 0.15) is 29.8 Å². The Hall–Kier alpha value is -1.61. The number of nitrogens with zero attached hydrogens (tertiary/aromatic N) is 2. The molecule has 1 heterocycles. The molecule has 2 N–H and O–H groups in total. The molecule has 84 valence electrons. The van der Waals surface area contributed by atoms with Crippen molar-refractivity contribution >= 4 is 0 Å². The molecule has 2 aromatic rings. The standard InChI is InChI=1S/C13H17N3/c1-9-4-5-12(6-10(9)2)16-8-15-7-13(16)11(3)14/h4-8,11H,14H2,1-3H3/t11-/m1/s1. The summed E-state index contributed by atoms with van der Waals surface area (Å²) in [6.07, 6.45) is 3.63. The molecule has 0 saturated carbocycles. The van der Waals surface area contributed by atoms with Crippen LogP contribution in [0.15, 0.2) is 30.7 Å². The zero-order chi connectivity index (χ0) is 11.7. The molecule has 16 heavy (non-hydrogen) atoms. The first-order chi connectivity index (χ1) is 7.59. The number of nitrogens with two attached hydrogens (primary N) is 1. The van der Waals surface area contributed by atoms with Crippen LogP contribution in [-0.4, -0.2) is 9.55 Å². The number of hydrogen-bond acceptors (Lipinski definition) is 2. The Labute approximate surface area is 95.9 Å². The van der Waals surface area contributed by atoms with Crippen molar-refractivity contribution in [3.8, 4) is 5.69 Å². The molecule has 0 bridgehead atoms. The molecule has 0 unspecified atom stereocenters. The zero-order valence-corrected chi connectivity index (χ0v) is 9.94. The van der Waals surface area contributed by atoms with E-state index in [1.807, 2.05) is 24.0 Å². The highest BCUT2D eigenvalue weighted by Gasteiger charge is 2.08. The summed E-state index contributed by atoms with van der Waals surface area (Å²) in [5.74, 6) is 0. The van der Waals surface area contributed by atoms with E-state index in [1.54, 1.807) is 0 Å². The van der Waals surface area contributed by atoms with E-state index in [1.165, 1.54) is 11.1 Å². The van der Waals surface area contributed by atoms with Gasteiger partial charge in [-0.1, -0.05) is 6.07 Å². The van der Waals surface area contributed by atoms with Gasteiger partial charge < -0.3 is 10.3 Å². The highest BCUT2D eigenvalue weighted by molar-refractivity contribution is 5.41. The van der Waals surface area contributed by atoms with E-state index in [-0.39, 0.29) is 6.04 Å². The summed E-state index contributed by atoms with van der Waals surface area (Å²) in [5.41, 5.74) is 10.6. The molecule has 0 saturated heterocycles. The Morgan fingerprint density at radius 3 is 2.62 bits per heavy atom. The summed E-state index contributed by atoms with van der Waals surface area (Å²) in [6, 6.07) is 6.36. The molecule has 0 spiro atoms. The van der Waals surface area contributed by atoms with E-state index >= 15 is 0 Å². The van der Waals surface area contributed by atoms with Gasteiger partial charge >= 0.3 is 0 Å². The molecule has 1 aromatic heterocycles. The van der Waals surface area contributed by atoms with Crippen LogP contribution >= 0.6 is 0 Å². The highest BCUT2D eigenvalue weighted by atomic mass is 15.1. The van der Waals surface area contributed by atoms with Gasteiger partial charge in [0.05, 0.1) is 18.2 Å². The lowest BCUT2D eigenvalue weighted by atomic mass is 10.1. The van der Waals surface area contributed by atoms with Crippen LogP contribution in [0.5, 0.6) is 0 Å². The van der Waals surface area contributed by atoms with Crippen LogP contribution < -0.4 is 5.73 Å². The topological polar surface area (TPSA) is 43.8 Å².